The molecule has 1 N–H and O–H groups in total. The fourth-order valence-corrected chi connectivity index (χ4v) is 1.02. The zero-order valence-electron chi connectivity index (χ0n) is 8.94. The van der Waals surface area contributed by atoms with E-state index in [9.17, 15) is 9.59 Å². The Labute approximate surface area is 95.0 Å². The Morgan fingerprint density at radius 1 is 1.19 bits per heavy atom. The maximum Gasteiger partial charge on any atom is 0.306 e. The number of carbonyl (C=O) groups excluding carboxylic acids is 1. The lowest BCUT2D eigenvalue weighted by molar-refractivity contribution is -0.148. The largest absolute Gasteiger partial charge is 0.481 e. The van der Waals surface area contributed by atoms with E-state index in [1.54, 1.807) is 0 Å². The molecule has 4 nitrogen and oxygen atoms in total. The predicted molar refractivity (Wildman–Crippen MR) is 58.2 cm³/mol. The van der Waals surface area contributed by atoms with Gasteiger partial charge in [-0.05, 0) is 0 Å². The van der Waals surface area contributed by atoms with E-state index < -0.39 is 11.9 Å². The van der Waals surface area contributed by atoms with Crippen LogP contribution in [0.4, 0.5) is 0 Å². The third-order valence-corrected chi connectivity index (χ3v) is 1.84. The van der Waals surface area contributed by atoms with Crippen molar-refractivity contribution in [2.75, 3.05) is 6.61 Å². The molecule has 0 amide bonds. The fourth-order valence-electron chi connectivity index (χ4n) is 1.02. The van der Waals surface area contributed by atoms with Crippen molar-refractivity contribution in [1.82, 2.24) is 0 Å². The van der Waals surface area contributed by atoms with Gasteiger partial charge in [0.1, 0.15) is 0 Å². The summed E-state index contributed by atoms with van der Waals surface area (Å²) >= 11 is 0. The molecule has 0 radical (unpaired) electrons. The molecule has 0 aliphatic carbocycles. The van der Waals surface area contributed by atoms with E-state index in [2.05, 4.69) is 11.8 Å². The maximum atomic E-state index is 11.1. The van der Waals surface area contributed by atoms with Gasteiger partial charge in [0.05, 0.1) is 19.4 Å². The second-order valence-corrected chi connectivity index (χ2v) is 3.26. The van der Waals surface area contributed by atoms with E-state index in [0.717, 1.165) is 0 Å². The van der Waals surface area contributed by atoms with Crippen LogP contribution in [0.15, 0.2) is 0 Å². The van der Waals surface area contributed by atoms with E-state index in [1.165, 1.54) is 0 Å². The summed E-state index contributed by atoms with van der Waals surface area (Å²) in [5, 5.41) is 8.35. The molecule has 86 valence electrons. The zero-order chi connectivity index (χ0) is 12.4. The first kappa shape index (κ1) is 14.1. The van der Waals surface area contributed by atoms with E-state index in [0.29, 0.717) is 12.8 Å². The van der Waals surface area contributed by atoms with Crippen molar-refractivity contribution in [3.8, 4) is 24.7 Å². The van der Waals surface area contributed by atoms with Crippen LogP contribution in [0.1, 0.15) is 25.7 Å². The number of esters is 1. The number of ether oxygens (including phenoxy) is 1. The van der Waals surface area contributed by atoms with Gasteiger partial charge >= 0.3 is 11.9 Å². The van der Waals surface area contributed by atoms with Gasteiger partial charge in [0.15, 0.2) is 0 Å². The number of carboxylic acid groups (broad SMARTS) is 1. The lowest BCUT2D eigenvalue weighted by Crippen LogP contribution is -2.14. The number of carboxylic acids is 1. The van der Waals surface area contributed by atoms with E-state index in [1.807, 2.05) is 0 Å². The van der Waals surface area contributed by atoms with E-state index in [-0.39, 0.29) is 25.4 Å². The molecule has 0 fully saturated rings. The van der Waals surface area contributed by atoms with Gasteiger partial charge in [-0.3, -0.25) is 9.59 Å². The van der Waals surface area contributed by atoms with Gasteiger partial charge in [-0.2, -0.15) is 0 Å². The van der Waals surface area contributed by atoms with Gasteiger partial charge in [-0.25, -0.2) is 0 Å². The molecule has 0 heterocycles. The molecule has 0 aromatic heterocycles. The van der Waals surface area contributed by atoms with Crippen molar-refractivity contribution in [1.29, 1.82) is 0 Å². The molecular weight excluding hydrogens is 208 g/mol. The molecule has 4 heteroatoms. The minimum absolute atomic E-state index is 0.0521. The third kappa shape index (κ3) is 7.46. The van der Waals surface area contributed by atoms with Gasteiger partial charge in [0.2, 0.25) is 0 Å². The smallest absolute Gasteiger partial charge is 0.306 e. The van der Waals surface area contributed by atoms with Gasteiger partial charge in [-0.15, -0.1) is 24.7 Å². The molecular formula is C12H14O4. The second-order valence-electron chi connectivity index (χ2n) is 3.26. The average molecular weight is 222 g/mol. The molecule has 0 saturated heterocycles. The monoisotopic (exact) mass is 222 g/mol. The van der Waals surface area contributed by atoms with Crippen LogP contribution in [0.25, 0.3) is 0 Å². The Bertz CT molecular complexity index is 303. The first-order valence-electron chi connectivity index (χ1n) is 4.84. The maximum absolute atomic E-state index is 11.1. The summed E-state index contributed by atoms with van der Waals surface area (Å²) < 4.78 is 4.87. The summed E-state index contributed by atoms with van der Waals surface area (Å²) in [7, 11) is 0. The second kappa shape index (κ2) is 8.38. The van der Waals surface area contributed by atoms with E-state index in [4.69, 9.17) is 22.7 Å². The van der Waals surface area contributed by atoms with Crippen LogP contribution in [-0.2, 0) is 14.3 Å². The lowest BCUT2D eigenvalue weighted by Gasteiger charge is -2.11. The summed E-state index contributed by atoms with van der Waals surface area (Å²) in [6.07, 6.45) is 10.8. The highest BCUT2D eigenvalue weighted by Crippen LogP contribution is 2.08. The van der Waals surface area contributed by atoms with E-state index >= 15 is 0 Å². The molecule has 0 saturated carbocycles. The summed E-state index contributed by atoms with van der Waals surface area (Å²) in [5.74, 6) is 3.27. The van der Waals surface area contributed by atoms with Crippen molar-refractivity contribution in [3.05, 3.63) is 0 Å². The summed E-state index contributed by atoms with van der Waals surface area (Å²) in [6, 6.07) is 0. The number of carbonyl (C=O) groups is 2. The third-order valence-electron chi connectivity index (χ3n) is 1.84. The van der Waals surface area contributed by atoms with Crippen LogP contribution >= 0.6 is 0 Å². The fraction of sp³-hybridized carbons (Fsp3) is 0.500. The number of aliphatic carboxylic acids is 1. The Balaban J connectivity index is 3.83. The Morgan fingerprint density at radius 3 is 2.19 bits per heavy atom. The van der Waals surface area contributed by atoms with Gasteiger partial charge in [-0.1, -0.05) is 0 Å². The molecule has 0 spiro atoms. The summed E-state index contributed by atoms with van der Waals surface area (Å²) in [5.41, 5.74) is 0. The molecule has 16 heavy (non-hydrogen) atoms. The average Bonchev–Trinajstić information content (AvgIpc) is 2.23. The highest BCUT2D eigenvalue weighted by atomic mass is 16.5. The SMILES string of the molecule is C#CCC(CC#C)COC(=O)CCC(=O)O. The van der Waals surface area contributed by atoms with Gasteiger partial charge in [0.25, 0.3) is 0 Å². The number of hydrogen-bond acceptors (Lipinski definition) is 3. The van der Waals surface area contributed by atoms with Crippen LogP contribution in [0.3, 0.4) is 0 Å². The topological polar surface area (TPSA) is 63.6 Å². The van der Waals surface area contributed by atoms with Gasteiger partial charge < -0.3 is 9.84 Å². The first-order valence-corrected chi connectivity index (χ1v) is 4.84. The molecule has 0 rings (SSSR count). The zero-order valence-corrected chi connectivity index (χ0v) is 8.94. The molecule has 0 aliphatic heterocycles. The number of rotatable bonds is 7. The van der Waals surface area contributed by atoms with Crippen LogP contribution in [0.2, 0.25) is 0 Å². The van der Waals surface area contributed by atoms with Crippen LogP contribution in [0.5, 0.6) is 0 Å². The molecule has 0 bridgehead atoms. The molecule has 0 unspecified atom stereocenters. The minimum Gasteiger partial charge on any atom is -0.481 e. The number of terminal acetylenes is 2. The van der Waals surface area contributed by atoms with Crippen LogP contribution in [0, 0.1) is 30.6 Å². The van der Waals surface area contributed by atoms with Crippen LogP contribution < -0.4 is 0 Å². The lowest BCUT2D eigenvalue weighted by atomic mass is 10.0. The molecule has 0 aromatic rings. The Morgan fingerprint density at radius 2 is 1.75 bits per heavy atom. The van der Waals surface area contributed by atoms with Crippen molar-refractivity contribution in [2.45, 2.75) is 25.7 Å². The Kier molecular flexibility index (Phi) is 7.36. The molecule has 0 aliphatic rings. The summed E-state index contributed by atoms with van der Waals surface area (Å²) in [4.78, 5) is 21.3. The molecule has 0 atom stereocenters. The van der Waals surface area contributed by atoms with Crippen molar-refractivity contribution >= 4 is 11.9 Å². The quantitative estimate of drug-likeness (QED) is 0.516. The van der Waals surface area contributed by atoms with Crippen molar-refractivity contribution in [2.24, 2.45) is 5.92 Å². The molecule has 0 aromatic carbocycles. The van der Waals surface area contributed by atoms with Gasteiger partial charge in [0, 0.05) is 18.8 Å². The normalized spacial score (nSPS) is 9.19. The van der Waals surface area contributed by atoms with Crippen molar-refractivity contribution < 1.29 is 19.4 Å². The standard InChI is InChI=1S/C12H14O4/c1-3-5-10(6-4-2)9-16-12(15)8-7-11(13)14/h1-2,10H,5-9H2,(H,13,14). The first-order chi connectivity index (χ1) is 7.60. The number of hydrogen-bond donors (Lipinski definition) is 1. The summed E-state index contributed by atoms with van der Waals surface area (Å²) in [6.45, 7) is 0.146. The minimum atomic E-state index is -1.03. The highest BCUT2D eigenvalue weighted by molar-refractivity contribution is 5.76. The van der Waals surface area contributed by atoms with Crippen LogP contribution in [-0.4, -0.2) is 23.7 Å². The Hall–Kier alpha value is -1.94. The predicted octanol–water partition coefficient (Wildman–Crippen LogP) is 1.06. The highest BCUT2D eigenvalue weighted by Gasteiger charge is 2.11. The van der Waals surface area contributed by atoms with Crippen molar-refractivity contribution in [3.63, 3.8) is 0 Å².